The van der Waals surface area contributed by atoms with Crippen molar-refractivity contribution in [1.29, 1.82) is 0 Å². The molecule has 0 bridgehead atoms. The van der Waals surface area contributed by atoms with Crippen LogP contribution in [0.5, 0.6) is 0 Å². The maximum atomic E-state index is 6.17. The predicted octanol–water partition coefficient (Wildman–Crippen LogP) is 5.80. The van der Waals surface area contributed by atoms with Gasteiger partial charge in [0.1, 0.15) is 0 Å². The molecule has 3 nitrogen and oxygen atoms in total. The van der Waals surface area contributed by atoms with Crippen molar-refractivity contribution in [3.8, 4) is 0 Å². The van der Waals surface area contributed by atoms with Gasteiger partial charge >= 0.3 is 0 Å². The molecule has 0 aliphatic carbocycles. The lowest BCUT2D eigenvalue weighted by molar-refractivity contribution is -0.172. The lowest BCUT2D eigenvalue weighted by atomic mass is 9.95. The molecule has 0 radical (unpaired) electrons. The summed E-state index contributed by atoms with van der Waals surface area (Å²) in [5.41, 5.74) is 4.96. The number of allylic oxidation sites excluding steroid dienone is 2. The van der Waals surface area contributed by atoms with E-state index in [1.807, 2.05) is 6.07 Å². The summed E-state index contributed by atoms with van der Waals surface area (Å²) in [5.74, 6) is -0.657. The molecule has 0 saturated carbocycles. The second-order valence-electron chi connectivity index (χ2n) is 8.36. The summed E-state index contributed by atoms with van der Waals surface area (Å²) in [6.07, 6.45) is 8.60. The Morgan fingerprint density at radius 3 is 2.09 bits per heavy atom. The molecule has 2 aliphatic heterocycles. The minimum atomic E-state index is -0.657. The van der Waals surface area contributed by atoms with Crippen LogP contribution in [0.15, 0.2) is 109 Å². The second kappa shape index (κ2) is 9.56. The van der Waals surface area contributed by atoms with Crippen molar-refractivity contribution < 1.29 is 9.47 Å². The average Bonchev–Trinajstić information content (AvgIpc) is 3.35. The van der Waals surface area contributed by atoms with Crippen LogP contribution in [0.25, 0.3) is 5.57 Å². The summed E-state index contributed by atoms with van der Waals surface area (Å²) < 4.78 is 12.3. The highest BCUT2D eigenvalue weighted by Gasteiger charge is 2.39. The first-order valence-electron chi connectivity index (χ1n) is 11.4. The van der Waals surface area contributed by atoms with E-state index in [9.17, 15) is 0 Å². The molecule has 0 amide bonds. The third-order valence-electron chi connectivity index (χ3n) is 6.30. The van der Waals surface area contributed by atoms with Gasteiger partial charge in [-0.05, 0) is 29.2 Å². The van der Waals surface area contributed by atoms with Gasteiger partial charge in [-0.1, -0.05) is 97.1 Å². The van der Waals surface area contributed by atoms with Gasteiger partial charge in [0, 0.05) is 24.7 Å². The minimum Gasteiger partial charge on any atom is -0.370 e. The van der Waals surface area contributed by atoms with E-state index in [2.05, 4.69) is 108 Å². The van der Waals surface area contributed by atoms with Gasteiger partial charge in [0.15, 0.2) is 5.79 Å². The molecule has 162 valence electrons. The van der Waals surface area contributed by atoms with Gasteiger partial charge < -0.3 is 14.4 Å². The van der Waals surface area contributed by atoms with E-state index in [4.69, 9.17) is 9.47 Å². The number of hydrogen-bond acceptors (Lipinski definition) is 3. The molecule has 0 spiro atoms. The molecule has 2 aliphatic rings. The zero-order chi connectivity index (χ0) is 21.6. The molecule has 3 heteroatoms. The molecule has 5 rings (SSSR count). The Labute approximate surface area is 190 Å². The zero-order valence-electron chi connectivity index (χ0n) is 18.3. The van der Waals surface area contributed by atoms with Crippen molar-refractivity contribution in [3.63, 3.8) is 0 Å². The summed E-state index contributed by atoms with van der Waals surface area (Å²) in [7, 11) is 0. The van der Waals surface area contributed by atoms with Crippen LogP contribution in [0, 0.1) is 0 Å². The molecule has 0 aromatic heterocycles. The molecular formula is C29H29NO2. The summed E-state index contributed by atoms with van der Waals surface area (Å²) in [6, 6.07) is 32.0. The van der Waals surface area contributed by atoms with Gasteiger partial charge in [0.05, 0.1) is 19.3 Å². The summed E-state index contributed by atoms with van der Waals surface area (Å²) in [6.45, 7) is 2.12. The average molecular weight is 424 g/mol. The Hall–Kier alpha value is -3.14. The van der Waals surface area contributed by atoms with E-state index in [0.717, 1.165) is 24.9 Å². The normalized spacial score (nSPS) is 19.7. The maximum Gasteiger partial charge on any atom is 0.196 e. The van der Waals surface area contributed by atoms with Gasteiger partial charge in [-0.25, -0.2) is 0 Å². The van der Waals surface area contributed by atoms with Crippen LogP contribution in [-0.2, 0) is 21.7 Å². The number of hydrogen-bond donors (Lipinski definition) is 0. The molecule has 1 saturated heterocycles. The first-order chi connectivity index (χ1) is 15.8. The Kier molecular flexibility index (Phi) is 6.20. The highest BCUT2D eigenvalue weighted by molar-refractivity contribution is 5.75. The Morgan fingerprint density at radius 1 is 0.781 bits per heavy atom. The van der Waals surface area contributed by atoms with E-state index < -0.39 is 5.79 Å². The van der Waals surface area contributed by atoms with E-state index in [0.29, 0.717) is 13.2 Å². The summed E-state index contributed by atoms with van der Waals surface area (Å²) in [5, 5.41) is 0. The quantitative estimate of drug-likeness (QED) is 0.479. The summed E-state index contributed by atoms with van der Waals surface area (Å²) in [4.78, 5) is 2.43. The van der Waals surface area contributed by atoms with Crippen LogP contribution in [0.4, 0.5) is 0 Å². The molecule has 3 aromatic carbocycles. The monoisotopic (exact) mass is 423 g/mol. The third-order valence-corrected chi connectivity index (χ3v) is 6.30. The highest BCUT2D eigenvalue weighted by atomic mass is 16.7. The van der Waals surface area contributed by atoms with Crippen LogP contribution in [0.2, 0.25) is 0 Å². The van der Waals surface area contributed by atoms with E-state index >= 15 is 0 Å². The van der Waals surface area contributed by atoms with Crippen LogP contribution in [0.3, 0.4) is 0 Å². The van der Waals surface area contributed by atoms with Gasteiger partial charge in [0.25, 0.3) is 0 Å². The third kappa shape index (κ3) is 4.55. The van der Waals surface area contributed by atoms with Crippen LogP contribution in [-0.4, -0.2) is 30.7 Å². The largest absolute Gasteiger partial charge is 0.370 e. The molecule has 1 unspecified atom stereocenters. The first-order valence-corrected chi connectivity index (χ1v) is 11.4. The summed E-state index contributed by atoms with van der Waals surface area (Å²) >= 11 is 0. The smallest absolute Gasteiger partial charge is 0.196 e. The van der Waals surface area contributed by atoms with Crippen LogP contribution < -0.4 is 0 Å². The van der Waals surface area contributed by atoms with Gasteiger partial charge in [-0.3, -0.25) is 0 Å². The van der Waals surface area contributed by atoms with Crippen LogP contribution >= 0.6 is 0 Å². The highest BCUT2D eigenvalue weighted by Crippen LogP contribution is 2.36. The fourth-order valence-electron chi connectivity index (χ4n) is 4.62. The Balaban J connectivity index is 1.38. The number of ether oxygens (including phenoxy) is 2. The molecule has 32 heavy (non-hydrogen) atoms. The predicted molar refractivity (Wildman–Crippen MR) is 129 cm³/mol. The number of rotatable bonds is 7. The van der Waals surface area contributed by atoms with Crippen molar-refractivity contribution in [2.45, 2.75) is 24.7 Å². The SMILES string of the molecule is C1=CN(CCC2(c3ccccc3)OCCO2)C(Cc2ccccc2)C=C1c1ccccc1. The lowest BCUT2D eigenvalue weighted by Crippen LogP contribution is -2.38. The topological polar surface area (TPSA) is 21.7 Å². The standard InChI is InChI=1S/C29H29NO2/c1-4-10-24(11-5-1)22-28-23-26(25-12-6-2-7-13-25)16-18-30(28)19-17-29(31-20-21-32-29)27-14-8-3-9-15-27/h1-16,18,23,28H,17,19-22H2. The van der Waals surface area contributed by atoms with Crippen LogP contribution in [0.1, 0.15) is 23.1 Å². The molecule has 1 fully saturated rings. The van der Waals surface area contributed by atoms with Crippen molar-refractivity contribution in [1.82, 2.24) is 4.90 Å². The lowest BCUT2D eigenvalue weighted by Gasteiger charge is -2.36. The van der Waals surface area contributed by atoms with Crippen molar-refractivity contribution in [2.75, 3.05) is 19.8 Å². The van der Waals surface area contributed by atoms with Crippen molar-refractivity contribution >= 4 is 5.57 Å². The van der Waals surface area contributed by atoms with Gasteiger partial charge in [-0.15, -0.1) is 0 Å². The maximum absolute atomic E-state index is 6.17. The number of nitrogens with zero attached hydrogens (tertiary/aromatic N) is 1. The van der Waals surface area contributed by atoms with E-state index in [1.165, 1.54) is 16.7 Å². The zero-order valence-corrected chi connectivity index (χ0v) is 18.3. The minimum absolute atomic E-state index is 0.270. The van der Waals surface area contributed by atoms with Crippen molar-refractivity contribution in [2.24, 2.45) is 0 Å². The first kappa shape index (κ1) is 20.7. The Bertz CT molecular complexity index is 1050. The van der Waals surface area contributed by atoms with E-state index in [-0.39, 0.29) is 6.04 Å². The molecule has 0 N–H and O–H groups in total. The Morgan fingerprint density at radius 2 is 1.41 bits per heavy atom. The molecule has 2 heterocycles. The fourth-order valence-corrected chi connectivity index (χ4v) is 4.62. The number of benzene rings is 3. The fraction of sp³-hybridized carbons (Fsp3) is 0.241. The van der Waals surface area contributed by atoms with Gasteiger partial charge in [-0.2, -0.15) is 0 Å². The molecule has 3 aromatic rings. The second-order valence-corrected chi connectivity index (χ2v) is 8.36. The van der Waals surface area contributed by atoms with Crippen molar-refractivity contribution in [3.05, 3.63) is 126 Å². The van der Waals surface area contributed by atoms with E-state index in [1.54, 1.807) is 0 Å². The molecule has 1 atom stereocenters. The molecular weight excluding hydrogens is 394 g/mol. The van der Waals surface area contributed by atoms with Gasteiger partial charge in [0.2, 0.25) is 0 Å².